The average molecular weight is 281 g/mol. The number of hydrogen-bond donors (Lipinski definition) is 1. The van der Waals surface area contributed by atoms with Gasteiger partial charge in [-0.3, -0.25) is 4.79 Å². The maximum Gasteiger partial charge on any atom is 0.226 e. The quantitative estimate of drug-likeness (QED) is 0.781. The number of hydrogen-bond acceptors (Lipinski definition) is 1. The molecule has 1 aliphatic rings. The van der Waals surface area contributed by atoms with Crippen molar-refractivity contribution in [2.75, 3.05) is 0 Å². The highest BCUT2D eigenvalue weighted by atomic mass is 16.2. The fourth-order valence-electron chi connectivity index (χ4n) is 3.25. The van der Waals surface area contributed by atoms with Crippen molar-refractivity contribution in [3.8, 4) is 0 Å². The summed E-state index contributed by atoms with van der Waals surface area (Å²) in [6, 6.07) is 0. The Morgan fingerprint density at radius 1 is 1.10 bits per heavy atom. The molecule has 1 aliphatic carbocycles. The van der Waals surface area contributed by atoms with E-state index < -0.39 is 0 Å². The summed E-state index contributed by atoms with van der Waals surface area (Å²) in [5.74, 6) is 3.41. The molecular formula is C18H35NO. The number of rotatable bonds is 5. The first kappa shape index (κ1) is 17.5. The molecule has 0 heterocycles. The molecule has 1 fully saturated rings. The van der Waals surface area contributed by atoms with Crippen LogP contribution in [0.15, 0.2) is 0 Å². The monoisotopic (exact) mass is 281 g/mol. The molecule has 0 aromatic carbocycles. The summed E-state index contributed by atoms with van der Waals surface area (Å²) >= 11 is 0. The average Bonchev–Trinajstić information content (AvgIpc) is 2.19. The highest BCUT2D eigenvalue weighted by molar-refractivity contribution is 5.82. The van der Waals surface area contributed by atoms with E-state index in [0.29, 0.717) is 0 Å². The summed E-state index contributed by atoms with van der Waals surface area (Å²) in [7, 11) is 0. The Morgan fingerprint density at radius 3 is 2.00 bits per heavy atom. The van der Waals surface area contributed by atoms with Crippen molar-refractivity contribution in [2.24, 2.45) is 29.1 Å². The molecule has 0 aromatic rings. The molecule has 1 rings (SSSR count). The van der Waals surface area contributed by atoms with Gasteiger partial charge in [0, 0.05) is 11.0 Å². The zero-order chi connectivity index (χ0) is 15.7. The summed E-state index contributed by atoms with van der Waals surface area (Å²) in [5.41, 5.74) is -0.382. The van der Waals surface area contributed by atoms with E-state index in [1.807, 2.05) is 20.8 Å². The van der Waals surface area contributed by atoms with E-state index in [0.717, 1.165) is 30.1 Å². The topological polar surface area (TPSA) is 29.1 Å². The van der Waals surface area contributed by atoms with E-state index in [-0.39, 0.29) is 16.9 Å². The molecule has 1 N–H and O–H groups in total. The molecule has 2 heteroatoms. The second-order valence-electron chi connectivity index (χ2n) is 8.99. The first-order valence-corrected chi connectivity index (χ1v) is 8.25. The highest BCUT2D eigenvalue weighted by Gasteiger charge is 2.40. The van der Waals surface area contributed by atoms with Gasteiger partial charge in [-0.15, -0.1) is 0 Å². The van der Waals surface area contributed by atoms with Crippen LogP contribution in [-0.4, -0.2) is 11.4 Å². The van der Waals surface area contributed by atoms with Crippen molar-refractivity contribution in [3.63, 3.8) is 0 Å². The third-order valence-corrected chi connectivity index (χ3v) is 4.97. The fraction of sp³-hybridized carbons (Fsp3) is 0.944. The van der Waals surface area contributed by atoms with E-state index >= 15 is 0 Å². The van der Waals surface area contributed by atoms with Crippen LogP contribution in [0.5, 0.6) is 0 Å². The van der Waals surface area contributed by atoms with Gasteiger partial charge in [0.1, 0.15) is 0 Å². The second kappa shape index (κ2) is 6.07. The van der Waals surface area contributed by atoms with E-state index in [2.05, 4.69) is 39.9 Å². The first-order valence-electron chi connectivity index (χ1n) is 8.25. The van der Waals surface area contributed by atoms with Crippen LogP contribution in [0.3, 0.4) is 0 Å². The zero-order valence-electron chi connectivity index (χ0n) is 14.8. The number of carbonyl (C=O) groups is 1. The summed E-state index contributed by atoms with van der Waals surface area (Å²) < 4.78 is 0. The lowest BCUT2D eigenvalue weighted by molar-refractivity contribution is -0.132. The molecule has 1 unspecified atom stereocenters. The molecule has 0 aliphatic heterocycles. The van der Waals surface area contributed by atoms with Crippen LogP contribution in [-0.2, 0) is 4.79 Å². The van der Waals surface area contributed by atoms with E-state index in [1.165, 1.54) is 12.8 Å². The Kier molecular flexibility index (Phi) is 5.32. The SMILES string of the molecule is CC(C)C(C)C1CC(CC(C)(C)C(=O)NC(C)(C)C)C1. The lowest BCUT2D eigenvalue weighted by Gasteiger charge is -2.44. The van der Waals surface area contributed by atoms with Crippen LogP contribution in [0.4, 0.5) is 0 Å². The standard InChI is InChI=1S/C18H35NO/c1-12(2)13(3)15-9-14(10-15)11-18(7,8)16(20)19-17(4,5)6/h12-15H,9-11H2,1-8H3,(H,19,20). The Balaban J connectivity index is 2.44. The molecule has 1 atom stereocenters. The Hall–Kier alpha value is -0.530. The molecule has 0 spiro atoms. The summed E-state index contributed by atoms with van der Waals surface area (Å²) in [5, 5.41) is 3.13. The normalized spacial score (nSPS) is 25.2. The number of nitrogens with one attached hydrogen (secondary N) is 1. The Morgan fingerprint density at radius 2 is 1.60 bits per heavy atom. The van der Waals surface area contributed by atoms with Crippen molar-refractivity contribution < 1.29 is 4.79 Å². The minimum Gasteiger partial charge on any atom is -0.351 e. The summed E-state index contributed by atoms with van der Waals surface area (Å²) in [6.45, 7) is 17.3. The second-order valence-corrected chi connectivity index (χ2v) is 8.99. The molecule has 118 valence electrons. The van der Waals surface area contributed by atoms with Gasteiger partial charge in [0.2, 0.25) is 5.91 Å². The van der Waals surface area contributed by atoms with Gasteiger partial charge in [0.05, 0.1) is 0 Å². The van der Waals surface area contributed by atoms with Crippen molar-refractivity contribution >= 4 is 5.91 Å². The van der Waals surface area contributed by atoms with Crippen molar-refractivity contribution in [1.82, 2.24) is 5.32 Å². The van der Waals surface area contributed by atoms with E-state index in [9.17, 15) is 4.79 Å². The molecule has 0 saturated heterocycles. The zero-order valence-corrected chi connectivity index (χ0v) is 14.8. The predicted octanol–water partition coefficient (Wildman–Crippen LogP) is 4.64. The smallest absolute Gasteiger partial charge is 0.226 e. The molecule has 0 bridgehead atoms. The minimum absolute atomic E-state index is 0.136. The Bertz CT molecular complexity index is 332. The van der Waals surface area contributed by atoms with Gasteiger partial charge >= 0.3 is 0 Å². The third-order valence-electron chi connectivity index (χ3n) is 4.97. The molecule has 1 saturated carbocycles. The maximum absolute atomic E-state index is 12.4. The van der Waals surface area contributed by atoms with E-state index in [1.54, 1.807) is 0 Å². The van der Waals surface area contributed by atoms with Crippen LogP contribution in [0.2, 0.25) is 0 Å². The maximum atomic E-state index is 12.4. The fourth-order valence-corrected chi connectivity index (χ4v) is 3.25. The van der Waals surface area contributed by atoms with Crippen LogP contribution < -0.4 is 5.32 Å². The van der Waals surface area contributed by atoms with Gasteiger partial charge in [0.15, 0.2) is 0 Å². The molecule has 1 amide bonds. The van der Waals surface area contributed by atoms with Gasteiger partial charge in [0.25, 0.3) is 0 Å². The van der Waals surface area contributed by atoms with Crippen molar-refractivity contribution in [2.45, 2.75) is 80.2 Å². The lowest BCUT2D eigenvalue weighted by Crippen LogP contribution is -2.48. The molecule has 0 radical (unpaired) electrons. The Labute approximate surface area is 126 Å². The van der Waals surface area contributed by atoms with Crippen LogP contribution in [0.25, 0.3) is 0 Å². The minimum atomic E-state index is -0.246. The number of carbonyl (C=O) groups excluding carboxylic acids is 1. The van der Waals surface area contributed by atoms with Gasteiger partial charge in [-0.1, -0.05) is 34.6 Å². The van der Waals surface area contributed by atoms with Crippen LogP contribution in [0.1, 0.15) is 74.7 Å². The summed E-state index contributed by atoms with van der Waals surface area (Å²) in [4.78, 5) is 12.4. The van der Waals surface area contributed by atoms with Crippen LogP contribution >= 0.6 is 0 Å². The predicted molar refractivity (Wildman–Crippen MR) is 86.5 cm³/mol. The number of amides is 1. The largest absolute Gasteiger partial charge is 0.351 e. The molecule has 20 heavy (non-hydrogen) atoms. The highest BCUT2D eigenvalue weighted by Crippen LogP contribution is 2.46. The van der Waals surface area contributed by atoms with Crippen LogP contribution in [0, 0.1) is 29.1 Å². The van der Waals surface area contributed by atoms with Gasteiger partial charge in [-0.2, -0.15) is 0 Å². The van der Waals surface area contributed by atoms with Gasteiger partial charge in [-0.25, -0.2) is 0 Å². The first-order chi connectivity index (χ1) is 8.92. The molecular weight excluding hydrogens is 246 g/mol. The lowest BCUT2D eigenvalue weighted by atomic mass is 9.62. The third kappa shape index (κ3) is 4.79. The molecule has 0 aromatic heterocycles. The van der Waals surface area contributed by atoms with Gasteiger partial charge < -0.3 is 5.32 Å². The van der Waals surface area contributed by atoms with Crippen molar-refractivity contribution in [1.29, 1.82) is 0 Å². The van der Waals surface area contributed by atoms with Gasteiger partial charge in [-0.05, 0) is 63.7 Å². The summed E-state index contributed by atoms with van der Waals surface area (Å²) in [6.07, 6.45) is 3.65. The van der Waals surface area contributed by atoms with E-state index in [4.69, 9.17) is 0 Å². The van der Waals surface area contributed by atoms with Crippen molar-refractivity contribution in [3.05, 3.63) is 0 Å². The molecule has 2 nitrogen and oxygen atoms in total.